The number of amides is 2. The number of unbranched alkanes of at least 4 members (excludes halogenated alkanes) is 30. The van der Waals surface area contributed by atoms with Gasteiger partial charge in [0.05, 0.1) is 31.8 Å². The zero-order chi connectivity index (χ0) is 73.8. The number of rotatable bonds is 57. The van der Waals surface area contributed by atoms with Gasteiger partial charge in [-0.25, -0.2) is 4.79 Å². The summed E-state index contributed by atoms with van der Waals surface area (Å²) < 4.78 is 47.1. The van der Waals surface area contributed by atoms with Crippen LogP contribution in [-0.4, -0.2) is 107 Å². The number of allylic oxidation sites excluding steroid dienone is 6. The van der Waals surface area contributed by atoms with Gasteiger partial charge >= 0.3 is 18.0 Å². The van der Waals surface area contributed by atoms with Gasteiger partial charge in [0.25, 0.3) is 7.82 Å². The molecule has 0 fully saturated rings. The van der Waals surface area contributed by atoms with Gasteiger partial charge in [0.15, 0.2) is 11.8 Å². The summed E-state index contributed by atoms with van der Waals surface area (Å²) >= 11 is 0. The second-order valence-corrected chi connectivity index (χ2v) is 31.0. The first kappa shape index (κ1) is 85.8. The predicted octanol–water partition coefficient (Wildman–Crippen LogP) is 20.7. The number of nitrogens with one attached hydrogen (secondary N) is 2. The average Bonchev–Trinajstić information content (AvgIpc) is 1.59. The van der Waals surface area contributed by atoms with Crippen molar-refractivity contribution in [3.63, 3.8) is 0 Å². The lowest BCUT2D eigenvalue weighted by atomic mass is 9.79. The van der Waals surface area contributed by atoms with E-state index in [1.807, 2.05) is 0 Å². The molecule has 2 heterocycles. The highest BCUT2D eigenvalue weighted by Gasteiger charge is 2.44. The molecule has 572 valence electrons. The fraction of sp³-hybridized carbons (Fsp3) is 0.640. The Kier molecular flexibility index (Phi) is 40.7. The van der Waals surface area contributed by atoms with Crippen molar-refractivity contribution in [1.82, 2.24) is 10.6 Å². The summed E-state index contributed by atoms with van der Waals surface area (Å²) in [5.74, 6) is -1.02. The van der Waals surface area contributed by atoms with Crippen LogP contribution in [0.5, 0.6) is 0 Å². The van der Waals surface area contributed by atoms with Crippen molar-refractivity contribution in [2.24, 2.45) is 0 Å². The van der Waals surface area contributed by atoms with Crippen LogP contribution in [0.2, 0.25) is 0 Å². The minimum Gasteiger partial charge on any atom is -0.756 e. The normalized spacial score (nSPS) is 15.2. The van der Waals surface area contributed by atoms with Gasteiger partial charge < -0.3 is 48.4 Å². The molecule has 2 N–H and O–H groups in total. The number of carbonyl (C=O) groups excluding carboxylic acids is 4. The standard InChI is InChI=1S/C86H131N4O12P/c1-8-10-12-14-16-18-20-22-24-26-28-30-32-34-41-55-80(92)99-68-72(102-81(93)56-42-35-33-31-29-27-25-23-21-19-17-15-13-11-9-2)69-101-103(95,96)100-65-62-88-84(94)98-67-66-97-64-61-87-79(91)54-40-37-47-63-90-76-60-58-71-49-44-46-51-74(71)83(76)86(5,6)78(90)53-39-36-38-52-77-85(3,4)82-73-50-45-43-48-70(73)57-59-75(82)89(77)7/h36,38-39,43-46,48-53,57-60,72H,8-35,37,40-42,47,54-56,61-69H2,1-7H3,(H2-,87,88,91,94,95,96)/t72-/m1/s1. The topological polar surface area (TPSA) is 194 Å². The Hall–Kier alpha value is -6.16. The highest BCUT2D eigenvalue weighted by Crippen LogP contribution is 2.51. The zero-order valence-corrected chi connectivity index (χ0v) is 65.3. The van der Waals surface area contributed by atoms with E-state index in [-0.39, 0.29) is 62.6 Å². The van der Waals surface area contributed by atoms with Crippen LogP contribution in [0.3, 0.4) is 0 Å². The van der Waals surface area contributed by atoms with Crippen LogP contribution in [0.15, 0.2) is 109 Å². The Morgan fingerprint density at radius 2 is 1.02 bits per heavy atom. The molecule has 0 aromatic heterocycles. The molecule has 0 saturated heterocycles. The molecule has 4 aromatic rings. The van der Waals surface area contributed by atoms with Crippen LogP contribution in [0.1, 0.15) is 284 Å². The van der Waals surface area contributed by atoms with E-state index in [1.54, 1.807) is 0 Å². The van der Waals surface area contributed by atoms with Gasteiger partial charge in [-0.3, -0.25) is 18.9 Å². The molecule has 1 unspecified atom stereocenters. The lowest BCUT2D eigenvalue weighted by Gasteiger charge is -2.27. The molecule has 103 heavy (non-hydrogen) atoms. The Labute approximate surface area is 619 Å². The number of anilines is 1. The minimum absolute atomic E-state index is 0.0552. The van der Waals surface area contributed by atoms with E-state index < -0.39 is 45.2 Å². The molecule has 4 aromatic carbocycles. The number of fused-ring (bicyclic) bond motifs is 6. The third kappa shape index (κ3) is 31.1. The molecule has 0 aliphatic carbocycles. The van der Waals surface area contributed by atoms with Crippen LogP contribution in [0.25, 0.3) is 21.5 Å². The molecule has 2 amide bonds. The van der Waals surface area contributed by atoms with Gasteiger partial charge in [0.2, 0.25) is 11.6 Å². The summed E-state index contributed by atoms with van der Waals surface area (Å²) in [5.41, 5.74) is 7.24. The Bertz CT molecular complexity index is 3340. The molecular formula is C86H131N4O12P. The van der Waals surface area contributed by atoms with E-state index >= 15 is 0 Å². The number of alkyl carbamates (subject to hydrolysis) is 1. The highest BCUT2D eigenvalue weighted by atomic mass is 31.2. The second-order valence-electron chi connectivity index (χ2n) is 29.6. The van der Waals surface area contributed by atoms with Crippen molar-refractivity contribution in [2.45, 2.75) is 290 Å². The molecule has 2 atom stereocenters. The van der Waals surface area contributed by atoms with E-state index in [0.717, 1.165) is 64.3 Å². The number of phosphoric ester groups is 1. The number of phosphoric acid groups is 1. The Balaban J connectivity index is 0.827. The SMILES string of the molecule is CCCCCCCCCCCCCCCCCC(=O)OC[C@H](COP(=O)([O-])OCCNC(=O)OCCOCCNC(=O)CCCCCN1\C(=C/C=C/C=C/C2=[N+](C)c3ccc4ccccc4c3C2(C)C)C(C)(C)c2c1ccc1ccccc21)OC(=O)CCCCCCCCCCCCCCCCC. The van der Waals surface area contributed by atoms with Crippen LogP contribution < -0.4 is 20.4 Å². The molecule has 0 radical (unpaired) electrons. The Morgan fingerprint density at radius 1 is 0.515 bits per heavy atom. The van der Waals surface area contributed by atoms with Crippen molar-refractivity contribution in [1.29, 1.82) is 0 Å². The van der Waals surface area contributed by atoms with Crippen molar-refractivity contribution in [3.05, 3.63) is 120 Å². The van der Waals surface area contributed by atoms with E-state index in [2.05, 4.69) is 172 Å². The summed E-state index contributed by atoms with van der Waals surface area (Å²) in [6, 6.07) is 26.2. The average molecular weight is 1440 g/mol. The lowest BCUT2D eigenvalue weighted by Crippen LogP contribution is -2.31. The van der Waals surface area contributed by atoms with E-state index in [9.17, 15) is 28.6 Å². The fourth-order valence-electron chi connectivity index (χ4n) is 14.7. The smallest absolute Gasteiger partial charge is 0.407 e. The molecule has 2 aliphatic rings. The number of benzene rings is 4. The Morgan fingerprint density at radius 3 is 1.60 bits per heavy atom. The highest BCUT2D eigenvalue weighted by molar-refractivity contribution is 7.45. The molecule has 17 heteroatoms. The van der Waals surface area contributed by atoms with Crippen LogP contribution >= 0.6 is 7.82 Å². The van der Waals surface area contributed by atoms with Crippen molar-refractivity contribution < 1.29 is 61.2 Å². The van der Waals surface area contributed by atoms with Gasteiger partial charge in [-0.15, -0.1) is 0 Å². The molecule has 16 nitrogen and oxygen atoms in total. The van der Waals surface area contributed by atoms with Crippen molar-refractivity contribution in [2.75, 3.05) is 71.2 Å². The monoisotopic (exact) mass is 1440 g/mol. The third-order valence-corrected chi connectivity index (χ3v) is 21.4. The molecule has 0 spiro atoms. The second kappa shape index (κ2) is 48.9. The minimum atomic E-state index is -4.93. The maximum absolute atomic E-state index is 13.0. The molecule has 2 aliphatic heterocycles. The van der Waals surface area contributed by atoms with E-state index in [1.165, 1.54) is 197 Å². The number of esters is 2. The van der Waals surface area contributed by atoms with Crippen molar-refractivity contribution in [3.8, 4) is 0 Å². The summed E-state index contributed by atoms with van der Waals surface area (Å²) in [5, 5.41) is 10.4. The number of nitrogens with zero attached hydrogens (tertiary/aromatic N) is 2. The van der Waals surface area contributed by atoms with Crippen LogP contribution in [0.4, 0.5) is 16.2 Å². The predicted molar refractivity (Wildman–Crippen MR) is 420 cm³/mol. The molecule has 0 bridgehead atoms. The summed E-state index contributed by atoms with van der Waals surface area (Å²) in [4.78, 5) is 66.3. The molecule has 0 saturated carbocycles. The maximum atomic E-state index is 13.0. The van der Waals surface area contributed by atoms with Crippen molar-refractivity contribution >= 4 is 70.4 Å². The van der Waals surface area contributed by atoms with Gasteiger partial charge in [-0.1, -0.05) is 287 Å². The van der Waals surface area contributed by atoms with E-state index in [4.69, 9.17) is 28.0 Å². The molecular weight excluding hydrogens is 1310 g/mol. The third-order valence-electron chi connectivity index (χ3n) is 20.4. The summed E-state index contributed by atoms with van der Waals surface area (Å²) in [7, 11) is -2.77. The first-order valence-corrected chi connectivity index (χ1v) is 41.6. The summed E-state index contributed by atoms with van der Waals surface area (Å²) in [6.07, 6.45) is 48.5. The van der Waals surface area contributed by atoms with Gasteiger partial charge in [-0.2, -0.15) is 4.58 Å². The first-order valence-electron chi connectivity index (χ1n) is 40.2. The van der Waals surface area contributed by atoms with Gasteiger partial charge in [0.1, 0.15) is 20.3 Å². The van der Waals surface area contributed by atoms with Gasteiger partial charge in [-0.05, 0) is 84.8 Å². The number of carbonyl (C=O) groups is 4. The molecule has 6 rings (SSSR count). The first-order chi connectivity index (χ1) is 50.0. The quantitative estimate of drug-likeness (QED) is 0.0106. The fourth-order valence-corrected chi connectivity index (χ4v) is 15.4. The van der Waals surface area contributed by atoms with Gasteiger partial charge in [0, 0.05) is 73.4 Å². The van der Waals surface area contributed by atoms with Crippen LogP contribution in [-0.2, 0) is 57.8 Å². The number of hydrogen-bond donors (Lipinski definition) is 2. The van der Waals surface area contributed by atoms with Crippen LogP contribution in [0, 0.1) is 0 Å². The largest absolute Gasteiger partial charge is 0.756 e. The maximum Gasteiger partial charge on any atom is 0.407 e. The zero-order valence-electron chi connectivity index (χ0n) is 64.5. The number of ether oxygens (including phenoxy) is 4. The summed E-state index contributed by atoms with van der Waals surface area (Å²) in [6.45, 7) is 13.5. The number of hydrogen-bond acceptors (Lipinski definition) is 13. The van der Waals surface area contributed by atoms with E-state index in [0.29, 0.717) is 25.8 Å². The lowest BCUT2D eigenvalue weighted by molar-refractivity contribution is -0.401.